The number of piperidine rings is 1. The van der Waals surface area contributed by atoms with Gasteiger partial charge in [-0.15, -0.1) is 11.8 Å². The van der Waals surface area contributed by atoms with Crippen molar-refractivity contribution in [1.29, 1.82) is 0 Å². The first-order chi connectivity index (χ1) is 12.5. The Balaban J connectivity index is 1.39. The summed E-state index contributed by atoms with van der Waals surface area (Å²) in [4.78, 5) is 26.6. The first-order valence-electron chi connectivity index (χ1n) is 9.21. The molecule has 0 unspecified atom stereocenters. The number of halogens is 1. The molecule has 0 spiro atoms. The van der Waals surface area contributed by atoms with Crippen molar-refractivity contribution in [3.8, 4) is 0 Å². The molecular formula is C19H25ClN2O3S. The number of carbonyl (C=O) groups is 2. The molecule has 1 aliphatic carbocycles. The molecule has 142 valence electrons. The first-order valence-corrected chi connectivity index (χ1v) is 10.5. The molecule has 2 N–H and O–H groups in total. The van der Waals surface area contributed by atoms with E-state index in [9.17, 15) is 9.59 Å². The van der Waals surface area contributed by atoms with Gasteiger partial charge in [-0.05, 0) is 62.8 Å². The Morgan fingerprint density at radius 3 is 2.23 bits per heavy atom. The Labute approximate surface area is 163 Å². The van der Waals surface area contributed by atoms with Gasteiger partial charge in [-0.3, -0.25) is 4.79 Å². The molecule has 2 fully saturated rings. The summed E-state index contributed by atoms with van der Waals surface area (Å²) in [6.07, 6.45) is 4.77. The van der Waals surface area contributed by atoms with Crippen molar-refractivity contribution in [3.05, 3.63) is 29.3 Å². The Morgan fingerprint density at radius 2 is 1.65 bits per heavy atom. The summed E-state index contributed by atoms with van der Waals surface area (Å²) >= 11 is 7.78. The molecule has 5 nitrogen and oxygen atoms in total. The van der Waals surface area contributed by atoms with Crippen molar-refractivity contribution in [2.45, 2.75) is 54.7 Å². The van der Waals surface area contributed by atoms with Crippen LogP contribution in [0.15, 0.2) is 29.2 Å². The highest BCUT2D eigenvalue weighted by atomic mass is 35.5. The van der Waals surface area contributed by atoms with Crippen molar-refractivity contribution in [2.75, 3.05) is 13.1 Å². The normalized spacial score (nSPS) is 24.3. The minimum Gasteiger partial charge on any atom is -0.481 e. The number of nitrogens with zero attached hydrogens (tertiary/aromatic N) is 1. The van der Waals surface area contributed by atoms with Crippen LogP contribution < -0.4 is 5.32 Å². The molecule has 0 aromatic heterocycles. The maximum Gasteiger partial charge on any atom is 0.317 e. The number of carboxylic acids is 1. The van der Waals surface area contributed by atoms with Gasteiger partial charge < -0.3 is 15.3 Å². The molecule has 2 aliphatic rings. The maximum absolute atomic E-state index is 12.5. The van der Waals surface area contributed by atoms with Crippen molar-refractivity contribution in [3.63, 3.8) is 0 Å². The number of thioether (sulfide) groups is 1. The lowest BCUT2D eigenvalue weighted by Gasteiger charge is -2.34. The van der Waals surface area contributed by atoms with E-state index in [0.717, 1.165) is 43.8 Å². The number of likely N-dealkylation sites (tertiary alicyclic amines) is 1. The number of carbonyl (C=O) groups excluding carboxylic acids is 1. The fraction of sp³-hybridized carbons (Fsp3) is 0.579. The molecule has 1 heterocycles. The van der Waals surface area contributed by atoms with Crippen molar-refractivity contribution < 1.29 is 14.7 Å². The predicted molar refractivity (Wildman–Crippen MR) is 104 cm³/mol. The zero-order chi connectivity index (χ0) is 18.5. The Kier molecular flexibility index (Phi) is 6.70. The highest BCUT2D eigenvalue weighted by Crippen LogP contribution is 2.31. The van der Waals surface area contributed by atoms with Crippen LogP contribution in [-0.4, -0.2) is 46.4 Å². The third kappa shape index (κ3) is 5.30. The van der Waals surface area contributed by atoms with Crippen molar-refractivity contribution in [1.82, 2.24) is 10.2 Å². The smallest absolute Gasteiger partial charge is 0.317 e. The summed E-state index contributed by atoms with van der Waals surface area (Å²) in [5.74, 6) is -0.959. The molecule has 0 bridgehead atoms. The van der Waals surface area contributed by atoms with Crippen molar-refractivity contribution in [2.24, 2.45) is 5.92 Å². The second-order valence-electron chi connectivity index (χ2n) is 7.09. The van der Waals surface area contributed by atoms with Crippen LogP contribution >= 0.6 is 23.4 Å². The molecule has 1 aliphatic heterocycles. The van der Waals surface area contributed by atoms with Crippen LogP contribution in [0.25, 0.3) is 0 Å². The second-order valence-corrected chi connectivity index (χ2v) is 8.90. The van der Waals surface area contributed by atoms with Crippen LogP contribution in [0.1, 0.15) is 38.5 Å². The van der Waals surface area contributed by atoms with E-state index in [4.69, 9.17) is 16.7 Å². The molecule has 1 aromatic rings. The van der Waals surface area contributed by atoms with E-state index in [2.05, 4.69) is 5.32 Å². The van der Waals surface area contributed by atoms with E-state index in [1.807, 2.05) is 40.9 Å². The number of urea groups is 1. The molecule has 3 rings (SSSR count). The third-order valence-electron chi connectivity index (χ3n) is 5.25. The summed E-state index contributed by atoms with van der Waals surface area (Å²) in [5.41, 5.74) is 0. The SMILES string of the molecule is O=C(O)C1CCC(NC(=O)N2CCC(Sc3ccc(Cl)cc3)CC2)CC1. The average molecular weight is 397 g/mol. The van der Waals surface area contributed by atoms with E-state index >= 15 is 0 Å². The summed E-state index contributed by atoms with van der Waals surface area (Å²) < 4.78 is 0. The van der Waals surface area contributed by atoms with E-state index in [0.29, 0.717) is 18.1 Å². The van der Waals surface area contributed by atoms with Crippen LogP contribution in [-0.2, 0) is 4.79 Å². The zero-order valence-electron chi connectivity index (χ0n) is 14.7. The van der Waals surface area contributed by atoms with E-state index < -0.39 is 5.97 Å². The van der Waals surface area contributed by atoms with Gasteiger partial charge in [0.05, 0.1) is 5.92 Å². The van der Waals surface area contributed by atoms with Gasteiger partial charge in [-0.1, -0.05) is 11.6 Å². The lowest BCUT2D eigenvalue weighted by Crippen LogP contribution is -2.49. The van der Waals surface area contributed by atoms with Gasteiger partial charge in [-0.25, -0.2) is 4.79 Å². The number of benzene rings is 1. The van der Waals surface area contributed by atoms with Gasteiger partial charge in [0.15, 0.2) is 0 Å². The van der Waals surface area contributed by atoms with Crippen molar-refractivity contribution >= 4 is 35.4 Å². The lowest BCUT2D eigenvalue weighted by molar-refractivity contribution is -0.142. The fourth-order valence-corrected chi connectivity index (χ4v) is 4.88. The Morgan fingerprint density at radius 1 is 1.04 bits per heavy atom. The minimum absolute atomic E-state index is 0.00119. The van der Waals surface area contributed by atoms with Crippen LogP contribution in [0, 0.1) is 5.92 Å². The highest BCUT2D eigenvalue weighted by molar-refractivity contribution is 8.00. The van der Waals surface area contributed by atoms with Gasteiger partial charge in [-0.2, -0.15) is 0 Å². The lowest BCUT2D eigenvalue weighted by atomic mass is 9.86. The molecule has 7 heteroatoms. The molecular weight excluding hydrogens is 372 g/mol. The number of carboxylic acid groups (broad SMARTS) is 1. The van der Waals surface area contributed by atoms with Gasteiger partial charge in [0.25, 0.3) is 0 Å². The predicted octanol–water partition coefficient (Wildman–Crippen LogP) is 4.25. The fourth-order valence-electron chi connectivity index (χ4n) is 3.63. The summed E-state index contributed by atoms with van der Waals surface area (Å²) in [5, 5.41) is 13.4. The van der Waals surface area contributed by atoms with Crippen LogP contribution in [0.4, 0.5) is 4.79 Å². The minimum atomic E-state index is -0.713. The number of hydrogen-bond acceptors (Lipinski definition) is 3. The zero-order valence-corrected chi connectivity index (χ0v) is 16.3. The molecule has 1 aromatic carbocycles. The van der Waals surface area contributed by atoms with Gasteiger partial charge in [0, 0.05) is 34.3 Å². The standard InChI is InChI=1S/C19H25ClN2O3S/c20-14-3-7-16(8-4-14)26-17-9-11-22(12-10-17)19(25)21-15-5-1-13(2-6-15)18(23)24/h3-4,7-8,13,15,17H,1-2,5-6,9-12H2,(H,21,25)(H,23,24). The number of aliphatic carboxylic acids is 1. The highest BCUT2D eigenvalue weighted by Gasteiger charge is 2.29. The Hall–Kier alpha value is -1.40. The number of nitrogens with one attached hydrogen (secondary N) is 1. The van der Waals surface area contributed by atoms with E-state index in [1.165, 1.54) is 4.90 Å². The quantitative estimate of drug-likeness (QED) is 0.798. The largest absolute Gasteiger partial charge is 0.481 e. The molecule has 2 amide bonds. The average Bonchev–Trinajstić information content (AvgIpc) is 2.64. The second kappa shape index (κ2) is 9.00. The monoisotopic (exact) mass is 396 g/mol. The molecule has 1 saturated carbocycles. The van der Waals surface area contributed by atoms with Gasteiger partial charge in [0.1, 0.15) is 0 Å². The molecule has 0 radical (unpaired) electrons. The van der Waals surface area contributed by atoms with Gasteiger partial charge in [0.2, 0.25) is 0 Å². The summed E-state index contributed by atoms with van der Waals surface area (Å²) in [6, 6.07) is 8.01. The van der Waals surface area contributed by atoms with E-state index in [-0.39, 0.29) is 18.0 Å². The van der Waals surface area contributed by atoms with Crippen LogP contribution in [0.3, 0.4) is 0 Å². The summed E-state index contributed by atoms with van der Waals surface area (Å²) in [7, 11) is 0. The Bertz CT molecular complexity index is 624. The van der Waals surface area contributed by atoms with Crippen LogP contribution in [0.2, 0.25) is 5.02 Å². The molecule has 1 saturated heterocycles. The van der Waals surface area contributed by atoms with E-state index in [1.54, 1.807) is 0 Å². The number of amides is 2. The molecule has 0 atom stereocenters. The first kappa shape index (κ1) is 19.4. The number of hydrogen-bond donors (Lipinski definition) is 2. The maximum atomic E-state index is 12.5. The van der Waals surface area contributed by atoms with Crippen LogP contribution in [0.5, 0.6) is 0 Å². The topological polar surface area (TPSA) is 69.6 Å². The van der Waals surface area contributed by atoms with Gasteiger partial charge >= 0.3 is 12.0 Å². The molecule has 26 heavy (non-hydrogen) atoms. The summed E-state index contributed by atoms with van der Waals surface area (Å²) in [6.45, 7) is 1.53. The third-order valence-corrected chi connectivity index (χ3v) is 6.85. The number of rotatable bonds is 4.